The summed E-state index contributed by atoms with van der Waals surface area (Å²) in [7, 11) is 3.92. The van der Waals surface area contributed by atoms with Crippen molar-refractivity contribution < 1.29 is 0 Å². The quantitative estimate of drug-likeness (QED) is 0.567. The zero-order valence-electron chi connectivity index (χ0n) is 9.25. The first-order chi connectivity index (χ1) is 6.72. The van der Waals surface area contributed by atoms with E-state index in [1.165, 1.54) is 5.57 Å². The average molecular weight is 193 g/mol. The molecule has 1 heterocycles. The van der Waals surface area contributed by atoms with Gasteiger partial charge in [-0.1, -0.05) is 11.6 Å². The lowest BCUT2D eigenvalue weighted by atomic mass is 10.1. The Labute approximate surface area is 85.8 Å². The van der Waals surface area contributed by atoms with Gasteiger partial charge in [-0.2, -0.15) is 5.10 Å². The molecule has 1 N–H and O–H groups in total. The summed E-state index contributed by atoms with van der Waals surface area (Å²) in [5.74, 6) is 0. The predicted molar refractivity (Wildman–Crippen MR) is 59.2 cm³/mol. The van der Waals surface area contributed by atoms with Crippen LogP contribution in [-0.2, 0) is 13.5 Å². The summed E-state index contributed by atoms with van der Waals surface area (Å²) in [5, 5.41) is 7.47. The molecule has 0 aliphatic rings. The summed E-state index contributed by atoms with van der Waals surface area (Å²) in [5.41, 5.74) is 2.53. The molecule has 0 saturated heterocycles. The molecule has 0 unspecified atom stereocenters. The maximum absolute atomic E-state index is 4.34. The fourth-order valence-corrected chi connectivity index (χ4v) is 1.38. The van der Waals surface area contributed by atoms with Crippen molar-refractivity contribution in [2.45, 2.75) is 19.8 Å². The number of hydrogen-bond donors (Lipinski definition) is 1. The highest BCUT2D eigenvalue weighted by Crippen LogP contribution is 2.05. The number of nitrogens with one attached hydrogen (secondary N) is 1. The SMILES string of the molecule is CNCC/C=C(/C)Cc1ccn(C)n1. The average Bonchev–Trinajstić information content (AvgIpc) is 2.52. The van der Waals surface area contributed by atoms with Crippen molar-refractivity contribution in [1.29, 1.82) is 0 Å². The Bertz CT molecular complexity index is 299. The first-order valence-electron chi connectivity index (χ1n) is 5.01. The van der Waals surface area contributed by atoms with Crippen molar-refractivity contribution in [1.82, 2.24) is 15.1 Å². The van der Waals surface area contributed by atoms with E-state index >= 15 is 0 Å². The lowest BCUT2D eigenvalue weighted by Crippen LogP contribution is -2.06. The van der Waals surface area contributed by atoms with E-state index in [2.05, 4.69) is 29.5 Å². The summed E-state index contributed by atoms with van der Waals surface area (Å²) in [6.45, 7) is 3.20. The van der Waals surface area contributed by atoms with Crippen LogP contribution in [0.25, 0.3) is 0 Å². The smallest absolute Gasteiger partial charge is 0.0664 e. The van der Waals surface area contributed by atoms with E-state index in [-0.39, 0.29) is 0 Å². The molecular weight excluding hydrogens is 174 g/mol. The van der Waals surface area contributed by atoms with Crippen LogP contribution in [0.2, 0.25) is 0 Å². The fraction of sp³-hybridized carbons (Fsp3) is 0.545. The molecule has 14 heavy (non-hydrogen) atoms. The number of hydrogen-bond acceptors (Lipinski definition) is 2. The molecule has 0 aliphatic heterocycles. The van der Waals surface area contributed by atoms with E-state index in [4.69, 9.17) is 0 Å². The molecule has 78 valence electrons. The Hall–Kier alpha value is -1.09. The fourth-order valence-electron chi connectivity index (χ4n) is 1.38. The Balaban J connectivity index is 2.40. The number of aryl methyl sites for hydroxylation is 1. The minimum atomic E-state index is 0.963. The number of nitrogens with zero attached hydrogens (tertiary/aromatic N) is 2. The van der Waals surface area contributed by atoms with Crippen molar-refractivity contribution in [2.75, 3.05) is 13.6 Å². The van der Waals surface area contributed by atoms with E-state index in [0.29, 0.717) is 0 Å². The Morgan fingerprint density at radius 3 is 3.00 bits per heavy atom. The van der Waals surface area contributed by atoms with E-state index < -0.39 is 0 Å². The Morgan fingerprint density at radius 2 is 2.43 bits per heavy atom. The number of aromatic nitrogens is 2. The summed E-state index contributed by atoms with van der Waals surface area (Å²) in [4.78, 5) is 0. The Kier molecular flexibility index (Phi) is 4.40. The van der Waals surface area contributed by atoms with Crippen molar-refractivity contribution in [3.63, 3.8) is 0 Å². The van der Waals surface area contributed by atoms with Crippen LogP contribution in [0.3, 0.4) is 0 Å². The van der Waals surface area contributed by atoms with Crippen molar-refractivity contribution in [3.05, 3.63) is 29.6 Å². The molecule has 0 atom stereocenters. The molecule has 0 aliphatic carbocycles. The Morgan fingerprint density at radius 1 is 1.64 bits per heavy atom. The van der Waals surface area contributed by atoms with Crippen LogP contribution in [0.4, 0.5) is 0 Å². The van der Waals surface area contributed by atoms with Gasteiger partial charge in [-0.25, -0.2) is 0 Å². The lowest BCUT2D eigenvalue weighted by Gasteiger charge is -1.98. The van der Waals surface area contributed by atoms with Crippen LogP contribution in [0.5, 0.6) is 0 Å². The van der Waals surface area contributed by atoms with Crippen LogP contribution in [-0.4, -0.2) is 23.4 Å². The molecule has 3 nitrogen and oxygen atoms in total. The minimum absolute atomic E-state index is 0.963. The van der Waals surface area contributed by atoms with Crippen LogP contribution < -0.4 is 5.32 Å². The molecule has 0 saturated carbocycles. The largest absolute Gasteiger partial charge is 0.319 e. The zero-order chi connectivity index (χ0) is 10.4. The van der Waals surface area contributed by atoms with E-state index in [0.717, 1.165) is 25.1 Å². The zero-order valence-corrected chi connectivity index (χ0v) is 9.25. The summed E-state index contributed by atoms with van der Waals surface area (Å²) in [6.07, 6.45) is 6.31. The second-order valence-corrected chi connectivity index (χ2v) is 3.60. The van der Waals surface area contributed by atoms with Crippen molar-refractivity contribution in [3.8, 4) is 0 Å². The maximum atomic E-state index is 4.34. The van der Waals surface area contributed by atoms with Gasteiger partial charge in [-0.05, 0) is 33.0 Å². The van der Waals surface area contributed by atoms with Gasteiger partial charge in [-0.15, -0.1) is 0 Å². The van der Waals surface area contributed by atoms with Crippen LogP contribution in [0.1, 0.15) is 19.0 Å². The van der Waals surface area contributed by atoms with Crippen LogP contribution >= 0.6 is 0 Å². The molecule has 0 spiro atoms. The van der Waals surface area contributed by atoms with Gasteiger partial charge in [0.15, 0.2) is 0 Å². The second kappa shape index (κ2) is 5.60. The summed E-state index contributed by atoms with van der Waals surface area (Å²) >= 11 is 0. The van der Waals surface area contributed by atoms with Crippen LogP contribution in [0.15, 0.2) is 23.9 Å². The third-order valence-corrected chi connectivity index (χ3v) is 2.12. The molecule has 1 aromatic heterocycles. The lowest BCUT2D eigenvalue weighted by molar-refractivity contribution is 0.746. The highest BCUT2D eigenvalue weighted by molar-refractivity contribution is 5.11. The molecule has 0 amide bonds. The molecule has 0 fully saturated rings. The van der Waals surface area contributed by atoms with Gasteiger partial charge in [0, 0.05) is 19.7 Å². The highest BCUT2D eigenvalue weighted by Gasteiger charge is 1.97. The third-order valence-electron chi connectivity index (χ3n) is 2.12. The van der Waals surface area contributed by atoms with Crippen LogP contribution in [0, 0.1) is 0 Å². The monoisotopic (exact) mass is 193 g/mol. The molecule has 1 rings (SSSR count). The first-order valence-corrected chi connectivity index (χ1v) is 5.01. The third kappa shape index (κ3) is 3.75. The van der Waals surface area contributed by atoms with Gasteiger partial charge in [0.2, 0.25) is 0 Å². The molecule has 0 radical (unpaired) electrons. The molecule has 0 bridgehead atoms. The van der Waals surface area contributed by atoms with Crippen molar-refractivity contribution in [2.24, 2.45) is 7.05 Å². The predicted octanol–water partition coefficient (Wildman–Crippen LogP) is 1.52. The van der Waals surface area contributed by atoms with Gasteiger partial charge in [0.25, 0.3) is 0 Å². The second-order valence-electron chi connectivity index (χ2n) is 3.60. The molecule has 0 aromatic carbocycles. The van der Waals surface area contributed by atoms with Gasteiger partial charge < -0.3 is 5.32 Å². The van der Waals surface area contributed by atoms with Gasteiger partial charge in [-0.3, -0.25) is 4.68 Å². The standard InChI is InChI=1S/C11H19N3/c1-10(5-4-7-12-2)9-11-6-8-14(3)13-11/h5-6,8,12H,4,7,9H2,1-3H3/b10-5-. The van der Waals surface area contributed by atoms with E-state index in [1.54, 1.807) is 0 Å². The highest BCUT2D eigenvalue weighted by atomic mass is 15.2. The maximum Gasteiger partial charge on any atom is 0.0664 e. The normalized spacial score (nSPS) is 12.1. The number of allylic oxidation sites excluding steroid dienone is 1. The molecule has 1 aromatic rings. The topological polar surface area (TPSA) is 29.9 Å². The van der Waals surface area contributed by atoms with Gasteiger partial charge in [0.05, 0.1) is 5.69 Å². The van der Waals surface area contributed by atoms with Gasteiger partial charge >= 0.3 is 0 Å². The molecular formula is C11H19N3. The van der Waals surface area contributed by atoms with E-state index in [1.807, 2.05) is 25.0 Å². The summed E-state index contributed by atoms with van der Waals surface area (Å²) < 4.78 is 1.84. The van der Waals surface area contributed by atoms with Gasteiger partial charge in [0.1, 0.15) is 0 Å². The first kappa shape index (κ1) is 11.0. The summed E-state index contributed by atoms with van der Waals surface area (Å²) in [6, 6.07) is 2.06. The number of rotatable bonds is 5. The van der Waals surface area contributed by atoms with Crippen molar-refractivity contribution >= 4 is 0 Å². The minimum Gasteiger partial charge on any atom is -0.319 e. The van der Waals surface area contributed by atoms with E-state index in [9.17, 15) is 0 Å². The molecule has 3 heteroatoms.